The number of hydrogen-bond donors (Lipinski definition) is 1. The molecule has 2 heterocycles. The summed E-state index contributed by atoms with van der Waals surface area (Å²) in [4.78, 5) is 4.58. The fourth-order valence-corrected chi connectivity index (χ4v) is 2.20. The maximum absolute atomic E-state index is 5.55. The van der Waals surface area contributed by atoms with Crippen LogP contribution in [0.4, 0.5) is 5.82 Å². The first-order valence-corrected chi connectivity index (χ1v) is 7.19. The summed E-state index contributed by atoms with van der Waals surface area (Å²) in [6.07, 6.45) is 0. The Morgan fingerprint density at radius 1 is 1.05 bits per heavy atom. The molecule has 0 saturated heterocycles. The maximum Gasteiger partial charge on any atom is 0.183 e. The highest BCUT2D eigenvalue weighted by atomic mass is 16.3. The van der Waals surface area contributed by atoms with Gasteiger partial charge in [-0.2, -0.15) is 0 Å². The minimum absolute atomic E-state index is 0.570. The van der Waals surface area contributed by atoms with Gasteiger partial charge in [0, 0.05) is 5.56 Å². The predicted molar refractivity (Wildman–Crippen MR) is 85.5 cm³/mol. The van der Waals surface area contributed by atoms with Gasteiger partial charge in [0.1, 0.15) is 17.2 Å². The third kappa shape index (κ3) is 3.14. The maximum atomic E-state index is 5.55. The first-order chi connectivity index (χ1) is 10.6. The molecule has 0 aliphatic rings. The van der Waals surface area contributed by atoms with Gasteiger partial charge >= 0.3 is 0 Å². The van der Waals surface area contributed by atoms with Gasteiger partial charge in [0.15, 0.2) is 11.6 Å². The van der Waals surface area contributed by atoms with E-state index < -0.39 is 0 Å². The van der Waals surface area contributed by atoms with Gasteiger partial charge in [0.05, 0.1) is 6.54 Å². The minimum Gasteiger partial charge on any atom is -0.465 e. The lowest BCUT2D eigenvalue weighted by atomic mass is 10.1. The van der Waals surface area contributed by atoms with Crippen LogP contribution < -0.4 is 5.32 Å². The standard InChI is InChI=1S/C17H18N4O/c1-11-5-4-6-14(9-11)17-19-16(13(3)20-21-17)18-10-15-8-7-12(2)22-15/h4-9H,10H2,1-3H3,(H,18,19,21). The molecule has 3 aromatic rings. The zero-order valence-electron chi connectivity index (χ0n) is 12.9. The van der Waals surface area contributed by atoms with Gasteiger partial charge in [-0.15, -0.1) is 10.2 Å². The van der Waals surface area contributed by atoms with Crippen molar-refractivity contribution >= 4 is 5.82 Å². The summed E-state index contributed by atoms with van der Waals surface area (Å²) >= 11 is 0. The molecule has 2 aromatic heterocycles. The van der Waals surface area contributed by atoms with E-state index in [0.717, 1.165) is 28.6 Å². The van der Waals surface area contributed by atoms with Crippen molar-refractivity contribution < 1.29 is 4.42 Å². The minimum atomic E-state index is 0.570. The fourth-order valence-electron chi connectivity index (χ4n) is 2.20. The molecule has 0 spiro atoms. The van der Waals surface area contributed by atoms with Crippen LogP contribution in [0.5, 0.6) is 0 Å². The smallest absolute Gasteiger partial charge is 0.183 e. The van der Waals surface area contributed by atoms with Gasteiger partial charge in [-0.05, 0) is 39.0 Å². The Labute approximate surface area is 129 Å². The second kappa shape index (κ2) is 5.97. The van der Waals surface area contributed by atoms with Crippen molar-refractivity contribution in [1.82, 2.24) is 15.2 Å². The van der Waals surface area contributed by atoms with Gasteiger partial charge in [-0.3, -0.25) is 0 Å². The molecule has 0 amide bonds. The Hall–Kier alpha value is -2.69. The number of anilines is 1. The van der Waals surface area contributed by atoms with Gasteiger partial charge in [0.25, 0.3) is 0 Å². The van der Waals surface area contributed by atoms with Crippen molar-refractivity contribution in [3.8, 4) is 11.4 Å². The molecular formula is C17H18N4O. The molecule has 1 N–H and O–H groups in total. The molecule has 0 bridgehead atoms. The van der Waals surface area contributed by atoms with Crippen molar-refractivity contribution in [3.05, 3.63) is 59.2 Å². The van der Waals surface area contributed by atoms with Crippen LogP contribution in [0.25, 0.3) is 11.4 Å². The molecule has 0 aliphatic heterocycles. The van der Waals surface area contributed by atoms with E-state index in [2.05, 4.69) is 20.5 Å². The summed E-state index contributed by atoms with van der Waals surface area (Å²) in [5.41, 5.74) is 2.89. The van der Waals surface area contributed by atoms with Crippen LogP contribution >= 0.6 is 0 Å². The lowest BCUT2D eigenvalue weighted by molar-refractivity contribution is 0.490. The van der Waals surface area contributed by atoms with Gasteiger partial charge in [0.2, 0.25) is 0 Å². The summed E-state index contributed by atoms with van der Waals surface area (Å²) in [6.45, 7) is 6.43. The van der Waals surface area contributed by atoms with E-state index in [-0.39, 0.29) is 0 Å². The summed E-state index contributed by atoms with van der Waals surface area (Å²) in [5.74, 6) is 3.11. The second-order valence-electron chi connectivity index (χ2n) is 5.30. The van der Waals surface area contributed by atoms with Crippen LogP contribution in [0.1, 0.15) is 22.8 Å². The van der Waals surface area contributed by atoms with E-state index in [1.54, 1.807) is 0 Å². The molecule has 5 nitrogen and oxygen atoms in total. The normalized spacial score (nSPS) is 10.7. The van der Waals surface area contributed by atoms with E-state index in [1.807, 2.05) is 57.2 Å². The fraction of sp³-hybridized carbons (Fsp3) is 0.235. The van der Waals surface area contributed by atoms with E-state index in [0.29, 0.717) is 12.4 Å². The van der Waals surface area contributed by atoms with Crippen molar-refractivity contribution in [2.24, 2.45) is 0 Å². The summed E-state index contributed by atoms with van der Waals surface area (Å²) < 4.78 is 5.55. The second-order valence-corrected chi connectivity index (χ2v) is 5.30. The van der Waals surface area contributed by atoms with E-state index in [4.69, 9.17) is 4.42 Å². The Balaban J connectivity index is 1.83. The highest BCUT2D eigenvalue weighted by Gasteiger charge is 2.08. The first kappa shape index (κ1) is 14.3. The molecule has 5 heteroatoms. The van der Waals surface area contributed by atoms with Crippen molar-refractivity contribution in [3.63, 3.8) is 0 Å². The molecule has 0 atom stereocenters. The average molecular weight is 294 g/mol. The predicted octanol–water partition coefficient (Wildman–Crippen LogP) is 3.67. The number of benzene rings is 1. The van der Waals surface area contributed by atoms with Gasteiger partial charge in [-0.1, -0.05) is 23.8 Å². The van der Waals surface area contributed by atoms with Crippen molar-refractivity contribution in [2.75, 3.05) is 5.32 Å². The summed E-state index contributed by atoms with van der Waals surface area (Å²) in [5, 5.41) is 11.6. The Kier molecular flexibility index (Phi) is 3.87. The zero-order valence-corrected chi connectivity index (χ0v) is 12.9. The van der Waals surface area contributed by atoms with Crippen LogP contribution in [0.2, 0.25) is 0 Å². The number of nitrogens with zero attached hydrogens (tertiary/aromatic N) is 3. The van der Waals surface area contributed by atoms with Gasteiger partial charge in [-0.25, -0.2) is 4.98 Å². The average Bonchev–Trinajstić information content (AvgIpc) is 2.92. The molecule has 0 radical (unpaired) electrons. The first-order valence-electron chi connectivity index (χ1n) is 7.19. The molecule has 1 aromatic carbocycles. The lowest BCUT2D eigenvalue weighted by Gasteiger charge is -2.08. The Bertz CT molecular complexity index is 795. The summed E-state index contributed by atoms with van der Waals surface area (Å²) in [6, 6.07) is 12.0. The Morgan fingerprint density at radius 2 is 1.91 bits per heavy atom. The topological polar surface area (TPSA) is 63.8 Å². The Morgan fingerprint density at radius 3 is 2.64 bits per heavy atom. The highest BCUT2D eigenvalue weighted by molar-refractivity contribution is 5.58. The molecule has 0 unspecified atom stereocenters. The van der Waals surface area contributed by atoms with Crippen LogP contribution in [0.3, 0.4) is 0 Å². The van der Waals surface area contributed by atoms with E-state index >= 15 is 0 Å². The molecule has 0 aliphatic carbocycles. The van der Waals surface area contributed by atoms with E-state index in [1.165, 1.54) is 5.56 Å². The quantitative estimate of drug-likeness (QED) is 0.795. The monoisotopic (exact) mass is 294 g/mol. The number of aromatic nitrogens is 3. The number of aryl methyl sites for hydroxylation is 3. The SMILES string of the molecule is Cc1cccc(-c2nnc(C)c(NCc3ccc(C)o3)n2)c1. The molecule has 112 valence electrons. The highest BCUT2D eigenvalue weighted by Crippen LogP contribution is 2.19. The largest absolute Gasteiger partial charge is 0.465 e. The number of nitrogens with one attached hydrogen (secondary N) is 1. The third-order valence-electron chi connectivity index (χ3n) is 3.36. The molecule has 3 rings (SSSR count). The lowest BCUT2D eigenvalue weighted by Crippen LogP contribution is -2.06. The molecule has 0 saturated carbocycles. The van der Waals surface area contributed by atoms with Crippen molar-refractivity contribution in [1.29, 1.82) is 0 Å². The van der Waals surface area contributed by atoms with Crippen LogP contribution in [0, 0.1) is 20.8 Å². The van der Waals surface area contributed by atoms with Crippen LogP contribution in [-0.2, 0) is 6.54 Å². The number of hydrogen-bond acceptors (Lipinski definition) is 5. The van der Waals surface area contributed by atoms with Gasteiger partial charge < -0.3 is 9.73 Å². The van der Waals surface area contributed by atoms with Crippen LogP contribution in [-0.4, -0.2) is 15.2 Å². The summed E-state index contributed by atoms with van der Waals surface area (Å²) in [7, 11) is 0. The number of rotatable bonds is 4. The third-order valence-corrected chi connectivity index (χ3v) is 3.36. The molecule has 22 heavy (non-hydrogen) atoms. The number of furan rings is 1. The van der Waals surface area contributed by atoms with Crippen molar-refractivity contribution in [2.45, 2.75) is 27.3 Å². The molecule has 0 fully saturated rings. The van der Waals surface area contributed by atoms with Crippen LogP contribution in [0.15, 0.2) is 40.8 Å². The zero-order chi connectivity index (χ0) is 15.5. The molecular weight excluding hydrogens is 276 g/mol. The van der Waals surface area contributed by atoms with E-state index in [9.17, 15) is 0 Å².